The maximum absolute atomic E-state index is 10.9. The Bertz CT molecular complexity index is 605. The minimum atomic E-state index is -1.02. The van der Waals surface area contributed by atoms with E-state index in [4.69, 9.17) is 5.11 Å². The molecule has 0 heterocycles. The lowest BCUT2D eigenvalue weighted by molar-refractivity contribution is -0.384. The average molecular weight is 243 g/mol. The maximum Gasteiger partial charge on any atom is 0.335 e. The van der Waals surface area contributed by atoms with Crippen LogP contribution in [0, 0.1) is 10.1 Å². The standard InChI is InChI=1S/C13H9NO4/c15-13(16)10-7-5-9(6-8-10)11-3-1-2-4-12(11)14(17)18/h1-8H,(H,15,16). The van der Waals surface area contributed by atoms with Crippen LogP contribution in [0.3, 0.4) is 0 Å². The van der Waals surface area contributed by atoms with Crippen molar-refractivity contribution in [1.82, 2.24) is 0 Å². The Kier molecular flexibility index (Phi) is 3.05. The van der Waals surface area contributed by atoms with Gasteiger partial charge in [0.2, 0.25) is 0 Å². The molecule has 0 aliphatic rings. The summed E-state index contributed by atoms with van der Waals surface area (Å²) in [5.41, 5.74) is 1.24. The number of carboxylic acids is 1. The molecular weight excluding hydrogens is 234 g/mol. The van der Waals surface area contributed by atoms with Crippen LogP contribution in [0.1, 0.15) is 10.4 Å². The Labute approximate surface area is 102 Å². The van der Waals surface area contributed by atoms with E-state index in [0.29, 0.717) is 11.1 Å². The number of hydrogen-bond acceptors (Lipinski definition) is 3. The van der Waals surface area contributed by atoms with Gasteiger partial charge in [-0.2, -0.15) is 0 Å². The molecule has 0 atom stereocenters. The van der Waals surface area contributed by atoms with Crippen molar-refractivity contribution < 1.29 is 14.8 Å². The molecular formula is C13H9NO4. The topological polar surface area (TPSA) is 80.4 Å². The van der Waals surface area contributed by atoms with Gasteiger partial charge in [0.1, 0.15) is 0 Å². The predicted molar refractivity (Wildman–Crippen MR) is 65.5 cm³/mol. The zero-order valence-electron chi connectivity index (χ0n) is 9.24. The molecule has 0 spiro atoms. The van der Waals surface area contributed by atoms with Crippen LogP contribution >= 0.6 is 0 Å². The van der Waals surface area contributed by atoms with Crippen LogP contribution < -0.4 is 0 Å². The van der Waals surface area contributed by atoms with Gasteiger partial charge in [-0.05, 0) is 23.8 Å². The molecule has 18 heavy (non-hydrogen) atoms. The van der Waals surface area contributed by atoms with Crippen molar-refractivity contribution in [1.29, 1.82) is 0 Å². The van der Waals surface area contributed by atoms with E-state index in [0.717, 1.165) is 0 Å². The highest BCUT2D eigenvalue weighted by atomic mass is 16.6. The first-order chi connectivity index (χ1) is 8.59. The van der Waals surface area contributed by atoms with Gasteiger partial charge in [-0.15, -0.1) is 0 Å². The lowest BCUT2D eigenvalue weighted by Gasteiger charge is -2.03. The van der Waals surface area contributed by atoms with E-state index in [1.165, 1.54) is 18.2 Å². The van der Waals surface area contributed by atoms with Crippen LogP contribution in [0.25, 0.3) is 11.1 Å². The van der Waals surface area contributed by atoms with Gasteiger partial charge in [0.25, 0.3) is 5.69 Å². The third kappa shape index (κ3) is 2.20. The number of nitrogens with zero attached hydrogens (tertiary/aromatic N) is 1. The Hall–Kier alpha value is -2.69. The molecule has 0 saturated heterocycles. The van der Waals surface area contributed by atoms with E-state index >= 15 is 0 Å². The van der Waals surface area contributed by atoms with Crippen LogP contribution in [0.15, 0.2) is 48.5 Å². The van der Waals surface area contributed by atoms with Gasteiger partial charge in [-0.25, -0.2) is 4.79 Å². The van der Waals surface area contributed by atoms with Crippen molar-refractivity contribution in [3.63, 3.8) is 0 Å². The number of hydrogen-bond donors (Lipinski definition) is 1. The smallest absolute Gasteiger partial charge is 0.335 e. The molecule has 0 saturated carbocycles. The number of rotatable bonds is 3. The number of nitro groups is 1. The second-order valence-corrected chi connectivity index (χ2v) is 3.66. The van der Waals surface area contributed by atoms with Crippen molar-refractivity contribution >= 4 is 11.7 Å². The van der Waals surface area contributed by atoms with Gasteiger partial charge in [0.05, 0.1) is 16.1 Å². The first-order valence-electron chi connectivity index (χ1n) is 5.17. The zero-order chi connectivity index (χ0) is 13.1. The zero-order valence-corrected chi connectivity index (χ0v) is 9.24. The fourth-order valence-electron chi connectivity index (χ4n) is 1.67. The molecule has 90 valence electrons. The molecule has 0 aliphatic heterocycles. The van der Waals surface area contributed by atoms with Crippen LogP contribution in [0.5, 0.6) is 0 Å². The molecule has 2 aromatic carbocycles. The molecule has 5 nitrogen and oxygen atoms in total. The van der Waals surface area contributed by atoms with E-state index in [-0.39, 0.29) is 11.3 Å². The van der Waals surface area contributed by atoms with Gasteiger partial charge < -0.3 is 5.11 Å². The van der Waals surface area contributed by atoms with E-state index in [2.05, 4.69) is 0 Å². The maximum atomic E-state index is 10.9. The highest BCUT2D eigenvalue weighted by molar-refractivity contribution is 5.88. The number of carbonyl (C=O) groups is 1. The Balaban J connectivity index is 2.49. The Morgan fingerprint density at radius 3 is 2.22 bits per heavy atom. The Morgan fingerprint density at radius 2 is 1.67 bits per heavy atom. The lowest BCUT2D eigenvalue weighted by atomic mass is 10.0. The normalized spacial score (nSPS) is 10.0. The van der Waals surface area contributed by atoms with Crippen molar-refractivity contribution in [2.45, 2.75) is 0 Å². The van der Waals surface area contributed by atoms with Gasteiger partial charge >= 0.3 is 5.97 Å². The summed E-state index contributed by atoms with van der Waals surface area (Å²) in [6, 6.07) is 12.3. The average Bonchev–Trinajstić information content (AvgIpc) is 2.39. The molecule has 1 N–H and O–H groups in total. The van der Waals surface area contributed by atoms with Crippen molar-refractivity contribution in [3.05, 3.63) is 64.2 Å². The number of benzene rings is 2. The van der Waals surface area contributed by atoms with Crippen LogP contribution in [-0.4, -0.2) is 16.0 Å². The summed E-state index contributed by atoms with van der Waals surface area (Å²) in [4.78, 5) is 21.1. The van der Waals surface area contributed by atoms with Gasteiger partial charge in [-0.3, -0.25) is 10.1 Å². The largest absolute Gasteiger partial charge is 0.478 e. The van der Waals surface area contributed by atoms with Gasteiger partial charge in [0, 0.05) is 6.07 Å². The number of aromatic carboxylic acids is 1. The molecule has 2 aromatic rings. The molecule has 0 fully saturated rings. The first kappa shape index (κ1) is 11.8. The lowest BCUT2D eigenvalue weighted by Crippen LogP contribution is -1.96. The fourth-order valence-corrected chi connectivity index (χ4v) is 1.67. The van der Waals surface area contributed by atoms with Crippen molar-refractivity contribution in [3.8, 4) is 11.1 Å². The third-order valence-electron chi connectivity index (χ3n) is 2.54. The summed E-state index contributed by atoms with van der Waals surface area (Å²) in [6.07, 6.45) is 0. The van der Waals surface area contributed by atoms with Crippen LogP contribution in [0.2, 0.25) is 0 Å². The van der Waals surface area contributed by atoms with Crippen molar-refractivity contribution in [2.75, 3.05) is 0 Å². The Morgan fingerprint density at radius 1 is 1.06 bits per heavy atom. The first-order valence-corrected chi connectivity index (χ1v) is 5.17. The second kappa shape index (κ2) is 4.67. The predicted octanol–water partition coefficient (Wildman–Crippen LogP) is 2.96. The highest BCUT2D eigenvalue weighted by Crippen LogP contribution is 2.29. The van der Waals surface area contributed by atoms with Crippen LogP contribution in [-0.2, 0) is 0 Å². The summed E-state index contributed by atoms with van der Waals surface area (Å²) in [6.45, 7) is 0. The van der Waals surface area contributed by atoms with Gasteiger partial charge in [0.15, 0.2) is 0 Å². The quantitative estimate of drug-likeness (QED) is 0.663. The summed E-state index contributed by atoms with van der Waals surface area (Å²) in [5.74, 6) is -1.02. The molecule has 0 bridgehead atoms. The minimum absolute atomic E-state index is 0.000532. The fraction of sp³-hybridized carbons (Fsp3) is 0. The molecule has 0 aliphatic carbocycles. The molecule has 0 unspecified atom stereocenters. The summed E-state index contributed by atoms with van der Waals surface area (Å²) in [7, 11) is 0. The van der Waals surface area contributed by atoms with E-state index < -0.39 is 10.9 Å². The number of nitro benzene ring substituents is 1. The summed E-state index contributed by atoms with van der Waals surface area (Å²) >= 11 is 0. The van der Waals surface area contributed by atoms with E-state index in [1.54, 1.807) is 30.3 Å². The highest BCUT2D eigenvalue weighted by Gasteiger charge is 2.14. The minimum Gasteiger partial charge on any atom is -0.478 e. The SMILES string of the molecule is O=C(O)c1ccc(-c2ccccc2[N+](=O)[O-])cc1. The van der Waals surface area contributed by atoms with Crippen LogP contribution in [0.4, 0.5) is 5.69 Å². The molecule has 2 rings (SSSR count). The second-order valence-electron chi connectivity index (χ2n) is 3.66. The molecule has 0 aromatic heterocycles. The third-order valence-corrected chi connectivity index (χ3v) is 2.54. The van der Waals surface area contributed by atoms with E-state index in [1.807, 2.05) is 0 Å². The van der Waals surface area contributed by atoms with Crippen molar-refractivity contribution in [2.24, 2.45) is 0 Å². The molecule has 0 amide bonds. The summed E-state index contributed by atoms with van der Waals surface area (Å²) in [5, 5.41) is 19.7. The number of para-hydroxylation sites is 1. The van der Waals surface area contributed by atoms with E-state index in [9.17, 15) is 14.9 Å². The molecule has 0 radical (unpaired) electrons. The van der Waals surface area contributed by atoms with Gasteiger partial charge in [-0.1, -0.05) is 24.3 Å². The molecule has 5 heteroatoms. The number of carboxylic acid groups (broad SMARTS) is 1. The monoisotopic (exact) mass is 243 g/mol. The summed E-state index contributed by atoms with van der Waals surface area (Å²) < 4.78 is 0.